The number of carbonyl (C=O) groups excluding carboxylic acids is 1. The summed E-state index contributed by atoms with van der Waals surface area (Å²) in [6.45, 7) is 2.04. The van der Waals surface area contributed by atoms with Gasteiger partial charge in [0.15, 0.2) is 0 Å². The molecule has 160 valence electrons. The van der Waals surface area contributed by atoms with Crippen molar-refractivity contribution in [2.24, 2.45) is 23.7 Å². The Hall–Kier alpha value is -2.46. The number of hydrogen-bond acceptors (Lipinski definition) is 2. The molecule has 0 aliphatic heterocycles. The van der Waals surface area contributed by atoms with Crippen LogP contribution in [0.4, 0.5) is 10.1 Å². The molecule has 0 spiro atoms. The number of carbonyl (C=O) groups is 1. The predicted octanol–water partition coefficient (Wildman–Crippen LogP) is 6.82. The molecule has 2 aliphatic rings. The zero-order valence-corrected chi connectivity index (χ0v) is 18.3. The van der Waals surface area contributed by atoms with Crippen molar-refractivity contribution in [2.45, 2.75) is 38.5 Å². The molecule has 3 nitrogen and oxygen atoms in total. The second-order valence-electron chi connectivity index (χ2n) is 9.27. The summed E-state index contributed by atoms with van der Waals surface area (Å²) in [5.74, 6) is 1.94. The zero-order chi connectivity index (χ0) is 21.5. The molecule has 3 atom stereocenters. The molecular formula is C26H26ClFN2O. The van der Waals surface area contributed by atoms with Crippen molar-refractivity contribution >= 4 is 34.1 Å². The maximum Gasteiger partial charge on any atom is 0.227 e. The van der Waals surface area contributed by atoms with Gasteiger partial charge in [0.2, 0.25) is 5.91 Å². The van der Waals surface area contributed by atoms with Crippen LogP contribution in [-0.2, 0) is 4.79 Å². The van der Waals surface area contributed by atoms with Gasteiger partial charge in [0.1, 0.15) is 5.82 Å². The monoisotopic (exact) mass is 436 g/mol. The van der Waals surface area contributed by atoms with Crippen LogP contribution in [0.3, 0.4) is 0 Å². The average Bonchev–Trinajstić information content (AvgIpc) is 3.32. The van der Waals surface area contributed by atoms with E-state index in [9.17, 15) is 9.18 Å². The SMILES string of the molecule is CC(C(=O)Nc1cccc(Cl)c1)C1CC2CC(c3ccnc4ccc(F)cc34)CC2C1. The fourth-order valence-corrected chi connectivity index (χ4v) is 6.05. The van der Waals surface area contributed by atoms with Crippen LogP contribution in [0.25, 0.3) is 10.9 Å². The summed E-state index contributed by atoms with van der Waals surface area (Å²) in [4.78, 5) is 17.2. The number of anilines is 1. The van der Waals surface area contributed by atoms with Gasteiger partial charge in [-0.15, -0.1) is 0 Å². The van der Waals surface area contributed by atoms with Gasteiger partial charge in [0.25, 0.3) is 0 Å². The molecule has 2 fully saturated rings. The lowest BCUT2D eigenvalue weighted by Crippen LogP contribution is -2.26. The first-order valence-corrected chi connectivity index (χ1v) is 11.5. The highest BCUT2D eigenvalue weighted by Gasteiger charge is 2.44. The number of amides is 1. The minimum Gasteiger partial charge on any atom is -0.326 e. The molecule has 2 saturated carbocycles. The smallest absolute Gasteiger partial charge is 0.227 e. The van der Waals surface area contributed by atoms with E-state index in [0.29, 0.717) is 28.7 Å². The lowest BCUT2D eigenvalue weighted by molar-refractivity contribution is -0.120. The number of benzene rings is 2. The van der Waals surface area contributed by atoms with Gasteiger partial charge in [-0.25, -0.2) is 4.39 Å². The first-order valence-electron chi connectivity index (χ1n) is 11.1. The summed E-state index contributed by atoms with van der Waals surface area (Å²) in [5, 5.41) is 4.58. The van der Waals surface area contributed by atoms with Gasteiger partial charge in [0.05, 0.1) is 5.52 Å². The van der Waals surface area contributed by atoms with Crippen molar-refractivity contribution in [1.29, 1.82) is 0 Å². The fraction of sp³-hybridized carbons (Fsp3) is 0.385. The van der Waals surface area contributed by atoms with Gasteiger partial charge in [-0.3, -0.25) is 9.78 Å². The van der Waals surface area contributed by atoms with Crippen LogP contribution >= 0.6 is 11.6 Å². The first kappa shape index (κ1) is 20.4. The second kappa shape index (κ2) is 8.23. The molecule has 0 radical (unpaired) electrons. The zero-order valence-electron chi connectivity index (χ0n) is 17.5. The Balaban J connectivity index is 1.25. The molecule has 1 heterocycles. The Kier molecular flexibility index (Phi) is 5.43. The molecule has 3 unspecified atom stereocenters. The van der Waals surface area contributed by atoms with Crippen LogP contribution in [0.5, 0.6) is 0 Å². The Morgan fingerprint density at radius 1 is 1.10 bits per heavy atom. The number of nitrogens with zero attached hydrogens (tertiary/aromatic N) is 1. The minimum atomic E-state index is -0.209. The predicted molar refractivity (Wildman–Crippen MR) is 123 cm³/mol. The number of fused-ring (bicyclic) bond motifs is 2. The molecular weight excluding hydrogens is 411 g/mol. The van der Waals surface area contributed by atoms with Crippen molar-refractivity contribution in [3.8, 4) is 0 Å². The average molecular weight is 437 g/mol. The van der Waals surface area contributed by atoms with E-state index in [1.165, 1.54) is 11.6 Å². The Bertz CT molecular complexity index is 1120. The maximum absolute atomic E-state index is 13.9. The summed E-state index contributed by atoms with van der Waals surface area (Å²) < 4.78 is 13.9. The highest BCUT2D eigenvalue weighted by atomic mass is 35.5. The molecule has 5 heteroatoms. The summed E-state index contributed by atoms with van der Waals surface area (Å²) in [7, 11) is 0. The van der Waals surface area contributed by atoms with Gasteiger partial charge in [-0.1, -0.05) is 24.6 Å². The molecule has 2 aromatic carbocycles. The van der Waals surface area contributed by atoms with Crippen LogP contribution in [0.1, 0.15) is 44.1 Å². The third kappa shape index (κ3) is 4.06. The summed E-state index contributed by atoms with van der Waals surface area (Å²) in [6, 6.07) is 14.2. The summed E-state index contributed by atoms with van der Waals surface area (Å²) in [5.41, 5.74) is 2.83. The number of aromatic nitrogens is 1. The van der Waals surface area contributed by atoms with E-state index < -0.39 is 0 Å². The number of pyridine rings is 1. The van der Waals surface area contributed by atoms with Gasteiger partial charge < -0.3 is 5.32 Å². The largest absolute Gasteiger partial charge is 0.326 e. The van der Waals surface area contributed by atoms with Crippen molar-refractivity contribution in [2.75, 3.05) is 5.32 Å². The van der Waals surface area contributed by atoms with Crippen molar-refractivity contribution < 1.29 is 9.18 Å². The molecule has 0 saturated heterocycles. The third-order valence-corrected chi connectivity index (χ3v) is 7.68. The van der Waals surface area contributed by atoms with Crippen LogP contribution in [-0.4, -0.2) is 10.9 Å². The molecule has 1 aromatic heterocycles. The van der Waals surface area contributed by atoms with E-state index >= 15 is 0 Å². The van der Waals surface area contributed by atoms with Gasteiger partial charge in [-0.2, -0.15) is 0 Å². The molecule has 2 aliphatic carbocycles. The summed E-state index contributed by atoms with van der Waals surface area (Å²) >= 11 is 6.03. The summed E-state index contributed by atoms with van der Waals surface area (Å²) in [6.07, 6.45) is 6.24. The Morgan fingerprint density at radius 3 is 2.61 bits per heavy atom. The number of halogens is 2. The van der Waals surface area contributed by atoms with Crippen LogP contribution in [0.15, 0.2) is 54.7 Å². The quantitative estimate of drug-likeness (QED) is 0.487. The molecule has 3 aromatic rings. The minimum absolute atomic E-state index is 0.0288. The fourth-order valence-electron chi connectivity index (χ4n) is 5.86. The van der Waals surface area contributed by atoms with E-state index in [0.717, 1.165) is 42.3 Å². The van der Waals surface area contributed by atoms with Crippen LogP contribution in [0, 0.1) is 29.5 Å². The standard InChI is InChI=1S/C26H26ClFN2O/c1-15(26(31)30-22-4-2-3-20(27)13-22)16-9-17-11-19(12-18(17)10-16)23-7-8-29-25-6-5-21(28)14-24(23)25/h2-8,13-19H,9-12H2,1H3,(H,30,31). The first-order chi connectivity index (χ1) is 15.0. The Morgan fingerprint density at radius 2 is 1.87 bits per heavy atom. The van der Waals surface area contributed by atoms with Crippen LogP contribution in [0.2, 0.25) is 5.02 Å². The number of hydrogen-bond donors (Lipinski definition) is 1. The molecule has 1 amide bonds. The normalized spacial score (nSPS) is 26.0. The third-order valence-electron chi connectivity index (χ3n) is 7.44. The van der Waals surface area contributed by atoms with E-state index in [1.54, 1.807) is 24.3 Å². The van der Waals surface area contributed by atoms with Crippen molar-refractivity contribution in [3.63, 3.8) is 0 Å². The van der Waals surface area contributed by atoms with E-state index in [4.69, 9.17) is 11.6 Å². The second-order valence-corrected chi connectivity index (χ2v) is 9.71. The Labute approximate surface area is 187 Å². The van der Waals surface area contributed by atoms with Crippen LogP contribution < -0.4 is 5.32 Å². The molecule has 5 rings (SSSR count). The molecule has 0 bridgehead atoms. The highest BCUT2D eigenvalue weighted by Crippen LogP contribution is 2.54. The lowest BCUT2D eigenvalue weighted by Gasteiger charge is -2.21. The van der Waals surface area contributed by atoms with E-state index in [2.05, 4.69) is 16.4 Å². The highest BCUT2D eigenvalue weighted by molar-refractivity contribution is 6.30. The lowest BCUT2D eigenvalue weighted by atomic mass is 9.86. The van der Waals surface area contributed by atoms with Crippen molar-refractivity contribution in [1.82, 2.24) is 4.98 Å². The molecule has 31 heavy (non-hydrogen) atoms. The number of rotatable bonds is 4. The van der Waals surface area contributed by atoms with E-state index in [-0.39, 0.29) is 17.6 Å². The topological polar surface area (TPSA) is 42.0 Å². The van der Waals surface area contributed by atoms with Gasteiger partial charge in [0, 0.05) is 28.2 Å². The maximum atomic E-state index is 13.9. The van der Waals surface area contributed by atoms with E-state index in [1.807, 2.05) is 25.3 Å². The van der Waals surface area contributed by atoms with Crippen molar-refractivity contribution in [3.05, 3.63) is 71.1 Å². The van der Waals surface area contributed by atoms with Gasteiger partial charge >= 0.3 is 0 Å². The number of nitrogens with one attached hydrogen (secondary N) is 1. The molecule has 1 N–H and O–H groups in total. The van der Waals surface area contributed by atoms with Gasteiger partial charge in [-0.05, 0) is 97.4 Å².